The van der Waals surface area contributed by atoms with Gasteiger partial charge in [-0.1, -0.05) is 215 Å². The molecule has 75 heavy (non-hydrogen) atoms. The molecule has 1 heterocycles. The van der Waals surface area contributed by atoms with Gasteiger partial charge in [-0.05, 0) is 139 Å². The molecule has 0 aliphatic rings. The van der Waals surface area contributed by atoms with Crippen LogP contribution in [0.5, 0.6) is 0 Å². The van der Waals surface area contributed by atoms with E-state index in [9.17, 15) is 0 Å². The Hall–Kier alpha value is -9.44. The molecule has 0 fully saturated rings. The molecule has 0 saturated carbocycles. The molecule has 0 atom stereocenters. The molecule has 0 bridgehead atoms. The summed E-state index contributed by atoms with van der Waals surface area (Å²) in [6, 6.07) is 98.9. The molecule has 0 unspecified atom stereocenters. The molecular formula is C72H54N2O. The molecule has 0 saturated heterocycles. The summed E-state index contributed by atoms with van der Waals surface area (Å²) in [7, 11) is 0. The molecule has 0 aliphatic carbocycles. The largest absolute Gasteiger partial charge is 0.456 e. The molecule has 12 aromatic carbocycles. The van der Waals surface area contributed by atoms with Crippen LogP contribution in [0.3, 0.4) is 0 Å². The fourth-order valence-electron chi connectivity index (χ4n) is 10.9. The summed E-state index contributed by atoms with van der Waals surface area (Å²) < 4.78 is 6.91. The van der Waals surface area contributed by atoms with Crippen molar-refractivity contribution < 1.29 is 4.42 Å². The molecule has 0 aliphatic heterocycles. The van der Waals surface area contributed by atoms with Gasteiger partial charge < -0.3 is 14.2 Å². The van der Waals surface area contributed by atoms with Crippen molar-refractivity contribution in [2.24, 2.45) is 0 Å². The molecule has 1 aromatic heterocycles. The Balaban J connectivity index is 0.938. The average molecular weight is 963 g/mol. The normalized spacial score (nSPS) is 11.7. The second kappa shape index (κ2) is 18.9. The minimum Gasteiger partial charge on any atom is -0.456 e. The lowest BCUT2D eigenvalue weighted by atomic mass is 9.86. The molecular weight excluding hydrogens is 909 g/mol. The molecule has 3 nitrogen and oxygen atoms in total. The van der Waals surface area contributed by atoms with Crippen LogP contribution in [0.1, 0.15) is 26.3 Å². The van der Waals surface area contributed by atoms with E-state index in [1.54, 1.807) is 0 Å². The van der Waals surface area contributed by atoms with Crippen molar-refractivity contribution in [1.82, 2.24) is 0 Å². The van der Waals surface area contributed by atoms with Crippen LogP contribution in [-0.4, -0.2) is 0 Å². The summed E-state index contributed by atoms with van der Waals surface area (Å²) in [6.07, 6.45) is 0. The fourth-order valence-corrected chi connectivity index (χ4v) is 10.9. The van der Waals surface area contributed by atoms with Gasteiger partial charge in [0.05, 0.1) is 17.1 Å². The first-order chi connectivity index (χ1) is 36.8. The van der Waals surface area contributed by atoms with E-state index in [-0.39, 0.29) is 5.41 Å². The van der Waals surface area contributed by atoms with Crippen molar-refractivity contribution in [3.05, 3.63) is 279 Å². The number of fused-ring (bicyclic) bond motifs is 5. The maximum atomic E-state index is 6.91. The van der Waals surface area contributed by atoms with Gasteiger partial charge in [-0.25, -0.2) is 0 Å². The van der Waals surface area contributed by atoms with Crippen molar-refractivity contribution >= 4 is 77.6 Å². The highest BCUT2D eigenvalue weighted by Gasteiger charge is 2.23. The van der Waals surface area contributed by atoms with Crippen LogP contribution in [0.2, 0.25) is 0 Å². The van der Waals surface area contributed by atoms with Crippen LogP contribution >= 0.6 is 0 Å². The number of nitrogens with zero attached hydrogens (tertiary/aromatic N) is 2. The van der Waals surface area contributed by atoms with Crippen molar-refractivity contribution in [2.45, 2.75) is 26.2 Å². The molecule has 13 aromatic rings. The summed E-state index contributed by atoms with van der Waals surface area (Å²) in [5, 5.41) is 6.71. The van der Waals surface area contributed by atoms with E-state index in [4.69, 9.17) is 4.42 Å². The summed E-state index contributed by atoms with van der Waals surface area (Å²) in [5.74, 6) is 0. The van der Waals surface area contributed by atoms with Crippen molar-refractivity contribution in [1.29, 1.82) is 0 Å². The fraction of sp³-hybridized carbons (Fsp3) is 0.0556. The standard InChI is InChI=1S/C72H54N2O/c1-72(2,3)58-38-34-52(35-39-58)64-30-15-18-33-69(64)74(68-32-17-14-29-63(68)51-24-11-6-12-25-51)61-41-37-55-46-66-65-45-54-36-40-60(43-56(54)47-70(65)75-71(66)48-57(55)44-61)73(59-27-19-26-53(42-59)49-20-7-4-8-21-49)67-31-16-13-28-62(67)50-22-9-5-10-23-50/h4-48H,1-3H3. The number of furan rings is 1. The van der Waals surface area contributed by atoms with Crippen LogP contribution < -0.4 is 9.80 Å². The first kappa shape index (κ1) is 45.4. The zero-order chi connectivity index (χ0) is 50.5. The Morgan fingerprint density at radius 1 is 0.280 bits per heavy atom. The monoisotopic (exact) mass is 962 g/mol. The van der Waals surface area contributed by atoms with E-state index in [0.717, 1.165) is 111 Å². The SMILES string of the molecule is CC(C)(C)c1ccc(-c2ccccc2N(c2ccc3cc4c(cc3c2)oc2cc3cc(N(c5cccc(-c6ccccc6)c5)c5ccccc5-c5ccccc5)ccc3cc24)c2ccccc2-c2ccccc2)cc1. The van der Waals surface area contributed by atoms with E-state index in [1.165, 1.54) is 16.7 Å². The predicted octanol–water partition coefficient (Wildman–Crippen LogP) is 20.8. The highest BCUT2D eigenvalue weighted by atomic mass is 16.3. The zero-order valence-electron chi connectivity index (χ0n) is 42.3. The third-order valence-corrected chi connectivity index (χ3v) is 14.7. The number of benzene rings is 12. The Morgan fingerprint density at radius 2 is 0.680 bits per heavy atom. The lowest BCUT2D eigenvalue weighted by molar-refractivity contribution is 0.590. The smallest absolute Gasteiger partial charge is 0.136 e. The lowest BCUT2D eigenvalue weighted by Crippen LogP contribution is -2.13. The van der Waals surface area contributed by atoms with Gasteiger partial charge in [0.1, 0.15) is 11.2 Å². The van der Waals surface area contributed by atoms with Crippen LogP contribution in [0.25, 0.3) is 88.0 Å². The molecule has 13 rings (SSSR count). The Morgan fingerprint density at radius 3 is 1.17 bits per heavy atom. The predicted molar refractivity (Wildman–Crippen MR) is 319 cm³/mol. The van der Waals surface area contributed by atoms with Crippen molar-refractivity contribution in [3.8, 4) is 44.5 Å². The van der Waals surface area contributed by atoms with E-state index in [1.807, 2.05) is 0 Å². The van der Waals surface area contributed by atoms with Crippen molar-refractivity contribution in [3.63, 3.8) is 0 Å². The van der Waals surface area contributed by atoms with Gasteiger partial charge in [-0.3, -0.25) is 0 Å². The zero-order valence-corrected chi connectivity index (χ0v) is 42.3. The summed E-state index contributed by atoms with van der Waals surface area (Å²) in [6.45, 7) is 6.80. The molecule has 0 spiro atoms. The summed E-state index contributed by atoms with van der Waals surface area (Å²) >= 11 is 0. The number of hydrogen-bond donors (Lipinski definition) is 0. The minimum atomic E-state index is 0.0566. The number of rotatable bonds is 10. The Labute approximate surface area is 438 Å². The molecule has 0 radical (unpaired) electrons. The van der Waals surface area contributed by atoms with Crippen molar-refractivity contribution in [2.75, 3.05) is 9.80 Å². The van der Waals surface area contributed by atoms with Crippen LogP contribution in [0, 0.1) is 0 Å². The van der Waals surface area contributed by atoms with Gasteiger partial charge in [-0.2, -0.15) is 0 Å². The number of para-hydroxylation sites is 3. The third-order valence-electron chi connectivity index (χ3n) is 14.7. The Kier molecular flexibility index (Phi) is 11.4. The van der Waals surface area contributed by atoms with E-state index in [0.29, 0.717) is 0 Å². The topological polar surface area (TPSA) is 19.6 Å². The van der Waals surface area contributed by atoms with Crippen LogP contribution in [-0.2, 0) is 5.41 Å². The summed E-state index contributed by atoms with van der Waals surface area (Å²) in [4.78, 5) is 4.82. The second-order valence-electron chi connectivity index (χ2n) is 20.6. The van der Waals surface area contributed by atoms with Crippen LogP contribution in [0.4, 0.5) is 34.1 Å². The number of anilines is 6. The minimum absolute atomic E-state index is 0.0566. The molecule has 0 N–H and O–H groups in total. The molecule has 358 valence electrons. The second-order valence-corrected chi connectivity index (χ2v) is 20.6. The highest BCUT2D eigenvalue weighted by molar-refractivity contribution is 6.14. The van der Waals surface area contributed by atoms with Gasteiger partial charge in [0.2, 0.25) is 0 Å². The van der Waals surface area contributed by atoms with E-state index in [2.05, 4.69) is 304 Å². The van der Waals surface area contributed by atoms with Crippen LogP contribution in [0.15, 0.2) is 277 Å². The van der Waals surface area contributed by atoms with E-state index < -0.39 is 0 Å². The molecule has 3 heteroatoms. The highest BCUT2D eigenvalue weighted by Crippen LogP contribution is 2.47. The van der Waals surface area contributed by atoms with Gasteiger partial charge in [0, 0.05) is 44.5 Å². The van der Waals surface area contributed by atoms with Gasteiger partial charge in [0.25, 0.3) is 0 Å². The van der Waals surface area contributed by atoms with E-state index >= 15 is 0 Å². The average Bonchev–Trinajstić information content (AvgIpc) is 3.84. The lowest BCUT2D eigenvalue weighted by Gasteiger charge is -2.30. The Bertz CT molecular complexity index is 4210. The quantitative estimate of drug-likeness (QED) is 0.136. The molecule has 0 amide bonds. The van der Waals surface area contributed by atoms with Gasteiger partial charge in [0.15, 0.2) is 0 Å². The first-order valence-electron chi connectivity index (χ1n) is 25.9. The first-order valence-corrected chi connectivity index (χ1v) is 25.9. The summed E-state index contributed by atoms with van der Waals surface area (Å²) in [5.41, 5.74) is 18.9. The third kappa shape index (κ3) is 8.58. The maximum absolute atomic E-state index is 6.91. The van der Waals surface area contributed by atoms with Gasteiger partial charge in [-0.15, -0.1) is 0 Å². The van der Waals surface area contributed by atoms with Gasteiger partial charge >= 0.3 is 0 Å². The number of hydrogen-bond acceptors (Lipinski definition) is 3. The maximum Gasteiger partial charge on any atom is 0.136 e.